The lowest BCUT2D eigenvalue weighted by atomic mass is 10.2. The molecule has 0 bridgehead atoms. The molecule has 1 amide bonds. The van der Waals surface area contributed by atoms with Crippen molar-refractivity contribution in [1.29, 1.82) is 0 Å². The van der Waals surface area contributed by atoms with Gasteiger partial charge in [0.1, 0.15) is 0 Å². The lowest BCUT2D eigenvalue weighted by Crippen LogP contribution is -2.47. The van der Waals surface area contributed by atoms with Crippen LogP contribution in [0.3, 0.4) is 0 Å². The van der Waals surface area contributed by atoms with Crippen molar-refractivity contribution in [2.45, 2.75) is 30.3 Å². The monoisotopic (exact) mass is 539 g/mol. The zero-order valence-electron chi connectivity index (χ0n) is 22.7. The molecule has 1 aliphatic rings. The standard InChI is InChI=1S/C26H37N9O2S/c1-18-17-22(32-31-18)28-24-23(37-5)25(35-15-13-34(14-16-35)12-6-11-33(3)4)30-26(29-24)38-21-9-7-20(8-10-21)27-19(2)36/h7-10,17H,6,11-16H2,1-5H3,(H,27,36)(H2,28,29,30,31,32). The molecule has 3 heterocycles. The number of H-pyrrole nitrogens is 1. The minimum Gasteiger partial charge on any atom is -0.490 e. The number of rotatable bonds is 11. The zero-order valence-corrected chi connectivity index (χ0v) is 23.6. The van der Waals surface area contributed by atoms with E-state index in [1.165, 1.54) is 18.7 Å². The molecule has 12 heteroatoms. The molecule has 0 unspecified atom stereocenters. The Bertz CT molecular complexity index is 1210. The summed E-state index contributed by atoms with van der Waals surface area (Å²) in [6, 6.07) is 9.55. The lowest BCUT2D eigenvalue weighted by molar-refractivity contribution is -0.114. The van der Waals surface area contributed by atoms with Crippen LogP contribution in [0, 0.1) is 6.92 Å². The minimum atomic E-state index is -0.101. The number of amides is 1. The predicted octanol–water partition coefficient (Wildman–Crippen LogP) is 3.44. The number of hydrogen-bond acceptors (Lipinski definition) is 10. The number of aromatic amines is 1. The van der Waals surface area contributed by atoms with Gasteiger partial charge >= 0.3 is 0 Å². The molecule has 204 valence electrons. The van der Waals surface area contributed by atoms with E-state index in [4.69, 9.17) is 14.7 Å². The largest absolute Gasteiger partial charge is 0.490 e. The summed E-state index contributed by atoms with van der Waals surface area (Å²) >= 11 is 1.46. The third-order valence-corrected chi connectivity index (χ3v) is 6.99. The first-order valence-electron chi connectivity index (χ1n) is 12.7. The summed E-state index contributed by atoms with van der Waals surface area (Å²) in [7, 11) is 5.87. The molecule has 0 atom stereocenters. The van der Waals surface area contributed by atoms with Gasteiger partial charge in [0.2, 0.25) is 11.7 Å². The molecule has 0 saturated carbocycles. The fourth-order valence-corrected chi connectivity index (χ4v) is 5.02. The summed E-state index contributed by atoms with van der Waals surface area (Å²) in [4.78, 5) is 29.1. The first-order valence-corrected chi connectivity index (χ1v) is 13.5. The van der Waals surface area contributed by atoms with Crippen molar-refractivity contribution >= 4 is 40.8 Å². The van der Waals surface area contributed by atoms with E-state index in [0.717, 1.165) is 67.8 Å². The van der Waals surface area contributed by atoms with Crippen LogP contribution in [-0.4, -0.2) is 96.3 Å². The summed E-state index contributed by atoms with van der Waals surface area (Å²) < 4.78 is 5.85. The van der Waals surface area contributed by atoms with Crippen LogP contribution in [0.5, 0.6) is 5.75 Å². The third-order valence-electron chi connectivity index (χ3n) is 6.12. The van der Waals surface area contributed by atoms with Gasteiger partial charge in [0.15, 0.2) is 22.6 Å². The number of aromatic nitrogens is 4. The molecule has 0 radical (unpaired) electrons. The molecule has 3 aromatic rings. The number of aryl methyl sites for hydroxylation is 1. The Hall–Kier alpha value is -3.35. The number of piperazine rings is 1. The molecule has 1 fully saturated rings. The molecule has 38 heavy (non-hydrogen) atoms. The van der Waals surface area contributed by atoms with Gasteiger partial charge in [0.25, 0.3) is 0 Å². The van der Waals surface area contributed by atoms with Crippen LogP contribution in [0.4, 0.5) is 23.1 Å². The van der Waals surface area contributed by atoms with Gasteiger partial charge in [-0.2, -0.15) is 5.10 Å². The van der Waals surface area contributed by atoms with Gasteiger partial charge in [-0.1, -0.05) is 0 Å². The Balaban J connectivity index is 1.57. The minimum absolute atomic E-state index is 0.101. The van der Waals surface area contributed by atoms with Crippen molar-refractivity contribution in [3.63, 3.8) is 0 Å². The van der Waals surface area contributed by atoms with Gasteiger partial charge in [-0.05, 0) is 76.6 Å². The molecule has 4 rings (SSSR count). The van der Waals surface area contributed by atoms with Gasteiger partial charge in [0, 0.05) is 55.4 Å². The summed E-state index contributed by atoms with van der Waals surface area (Å²) in [5.41, 5.74) is 1.69. The zero-order chi connectivity index (χ0) is 27.1. The van der Waals surface area contributed by atoms with E-state index >= 15 is 0 Å². The van der Waals surface area contributed by atoms with Crippen LogP contribution < -0.4 is 20.3 Å². The summed E-state index contributed by atoms with van der Waals surface area (Å²) in [5.74, 6) is 2.48. The van der Waals surface area contributed by atoms with Crippen LogP contribution >= 0.6 is 11.8 Å². The second kappa shape index (κ2) is 12.9. The average Bonchev–Trinajstić information content (AvgIpc) is 3.29. The van der Waals surface area contributed by atoms with E-state index in [2.05, 4.69) is 49.6 Å². The highest BCUT2D eigenvalue weighted by Crippen LogP contribution is 2.38. The van der Waals surface area contributed by atoms with Crippen LogP contribution in [0.2, 0.25) is 0 Å². The van der Waals surface area contributed by atoms with Crippen molar-refractivity contribution in [3.05, 3.63) is 36.0 Å². The van der Waals surface area contributed by atoms with E-state index in [9.17, 15) is 4.79 Å². The smallest absolute Gasteiger partial charge is 0.221 e. The Kier molecular flexibility index (Phi) is 9.43. The first-order chi connectivity index (χ1) is 18.3. The Labute approximate surface area is 228 Å². The number of carbonyl (C=O) groups excluding carboxylic acids is 1. The topological polar surface area (TPSA) is 115 Å². The molecule has 1 saturated heterocycles. The third kappa shape index (κ3) is 7.59. The number of hydrogen-bond donors (Lipinski definition) is 3. The van der Waals surface area contributed by atoms with E-state index in [1.54, 1.807) is 7.11 Å². The summed E-state index contributed by atoms with van der Waals surface area (Å²) in [6.07, 6.45) is 1.16. The molecule has 11 nitrogen and oxygen atoms in total. The van der Waals surface area contributed by atoms with E-state index in [0.29, 0.717) is 22.5 Å². The Morgan fingerprint density at radius 1 is 1.16 bits per heavy atom. The Morgan fingerprint density at radius 2 is 1.89 bits per heavy atom. The highest BCUT2D eigenvalue weighted by Gasteiger charge is 2.25. The first kappa shape index (κ1) is 27.7. The highest BCUT2D eigenvalue weighted by molar-refractivity contribution is 7.99. The summed E-state index contributed by atoms with van der Waals surface area (Å²) in [5, 5.41) is 14.0. The van der Waals surface area contributed by atoms with Gasteiger partial charge < -0.3 is 25.2 Å². The molecule has 0 spiro atoms. The fourth-order valence-electron chi connectivity index (χ4n) is 4.26. The average molecular weight is 540 g/mol. The molecule has 3 N–H and O–H groups in total. The predicted molar refractivity (Wildman–Crippen MR) is 152 cm³/mol. The Morgan fingerprint density at radius 3 is 2.50 bits per heavy atom. The molecule has 0 aliphatic carbocycles. The molecular weight excluding hydrogens is 502 g/mol. The molecule has 2 aromatic heterocycles. The second-order valence-electron chi connectivity index (χ2n) is 9.57. The van der Waals surface area contributed by atoms with Crippen LogP contribution in [0.1, 0.15) is 19.0 Å². The molecular formula is C26H37N9O2S. The van der Waals surface area contributed by atoms with Crippen molar-refractivity contribution < 1.29 is 9.53 Å². The maximum absolute atomic E-state index is 11.4. The normalized spacial score (nSPS) is 14.1. The number of carbonyl (C=O) groups is 1. The number of benzene rings is 1. The number of nitrogens with one attached hydrogen (secondary N) is 3. The van der Waals surface area contributed by atoms with E-state index in [-0.39, 0.29) is 5.91 Å². The lowest BCUT2D eigenvalue weighted by Gasteiger charge is -2.36. The molecule has 1 aromatic carbocycles. The van der Waals surface area contributed by atoms with Crippen LogP contribution in [0.15, 0.2) is 40.4 Å². The van der Waals surface area contributed by atoms with Crippen molar-refractivity contribution in [2.24, 2.45) is 0 Å². The number of anilines is 4. The number of nitrogens with zero attached hydrogens (tertiary/aromatic N) is 6. The fraction of sp³-hybridized carbons (Fsp3) is 0.462. The molecule has 1 aliphatic heterocycles. The van der Waals surface area contributed by atoms with Crippen molar-refractivity contribution in [3.8, 4) is 5.75 Å². The van der Waals surface area contributed by atoms with Crippen molar-refractivity contribution in [1.82, 2.24) is 30.0 Å². The highest BCUT2D eigenvalue weighted by atomic mass is 32.2. The van der Waals surface area contributed by atoms with Gasteiger partial charge in [0.05, 0.1) is 7.11 Å². The van der Waals surface area contributed by atoms with Gasteiger partial charge in [-0.25, -0.2) is 9.97 Å². The SMILES string of the molecule is COc1c(Nc2cc(C)[nH]n2)nc(Sc2ccc(NC(C)=O)cc2)nc1N1CCN(CCCN(C)C)CC1. The van der Waals surface area contributed by atoms with E-state index in [1.807, 2.05) is 37.3 Å². The van der Waals surface area contributed by atoms with Crippen molar-refractivity contribution in [2.75, 3.05) is 76.0 Å². The number of ether oxygens (including phenoxy) is 1. The maximum Gasteiger partial charge on any atom is 0.221 e. The van der Waals surface area contributed by atoms with Gasteiger partial charge in [-0.15, -0.1) is 0 Å². The van der Waals surface area contributed by atoms with Crippen LogP contribution in [0.25, 0.3) is 0 Å². The van der Waals surface area contributed by atoms with E-state index < -0.39 is 0 Å². The number of methoxy groups -OCH3 is 1. The second-order valence-corrected chi connectivity index (χ2v) is 10.6. The maximum atomic E-state index is 11.4. The quantitative estimate of drug-likeness (QED) is 0.313. The van der Waals surface area contributed by atoms with Crippen LogP contribution in [-0.2, 0) is 4.79 Å². The van der Waals surface area contributed by atoms with Gasteiger partial charge in [-0.3, -0.25) is 14.8 Å². The summed E-state index contributed by atoms with van der Waals surface area (Å²) in [6.45, 7) is 9.27.